The lowest BCUT2D eigenvalue weighted by Gasteiger charge is -2.24. The van der Waals surface area contributed by atoms with Gasteiger partial charge in [0.1, 0.15) is 0 Å². The zero-order chi connectivity index (χ0) is 20.6. The molecule has 0 spiro atoms. The van der Waals surface area contributed by atoms with E-state index in [4.69, 9.17) is 0 Å². The molecule has 0 aromatic heterocycles. The van der Waals surface area contributed by atoms with Gasteiger partial charge in [-0.3, -0.25) is 4.79 Å². The number of hydrogen-bond donors (Lipinski definition) is 3. The molecule has 0 saturated heterocycles. The number of carbonyl (C=O) groups excluding carboxylic acids is 1. The number of carbonyl (C=O) groups is 1. The van der Waals surface area contributed by atoms with Crippen molar-refractivity contribution in [3.63, 3.8) is 0 Å². The molecule has 1 atom stereocenters. The van der Waals surface area contributed by atoms with Crippen molar-refractivity contribution in [2.45, 2.75) is 38.0 Å². The first-order chi connectivity index (χ1) is 13.8. The Kier molecular flexibility index (Phi) is 5.08. The van der Waals surface area contributed by atoms with Crippen LogP contribution in [0.4, 0.5) is 24.5 Å². The minimum absolute atomic E-state index is 0.0618. The summed E-state index contributed by atoms with van der Waals surface area (Å²) in [4.78, 5) is 12.7. The fraction of sp³-hybridized carbons (Fsp3) is 0.318. The molecule has 4 nitrogen and oxygen atoms in total. The molecule has 0 bridgehead atoms. The van der Waals surface area contributed by atoms with Crippen molar-refractivity contribution in [3.8, 4) is 0 Å². The standard InChI is InChI=1S/C22H21F3N2O2/c23-22(24,25)15-5-7-17-14(8-9-26-20(17)11-15)10-21(29)27-19-3-1-2-13-4-6-16(28)12-18(13)19/h1-3,5,7-8,11,16,26,28H,4,6,9-10,12H2,(H,27,29). The van der Waals surface area contributed by atoms with Crippen molar-refractivity contribution in [1.82, 2.24) is 0 Å². The van der Waals surface area contributed by atoms with Crippen LogP contribution in [0, 0.1) is 0 Å². The van der Waals surface area contributed by atoms with Crippen LogP contribution in [0.25, 0.3) is 5.57 Å². The van der Waals surface area contributed by atoms with Crippen molar-refractivity contribution >= 4 is 22.9 Å². The third-order valence-electron chi connectivity index (χ3n) is 5.42. The van der Waals surface area contributed by atoms with E-state index in [1.54, 1.807) is 0 Å². The molecular weight excluding hydrogens is 381 g/mol. The van der Waals surface area contributed by atoms with Crippen molar-refractivity contribution in [3.05, 3.63) is 64.7 Å². The topological polar surface area (TPSA) is 61.4 Å². The van der Waals surface area contributed by atoms with Crippen molar-refractivity contribution in [2.75, 3.05) is 17.2 Å². The molecule has 2 aromatic rings. The van der Waals surface area contributed by atoms with E-state index in [9.17, 15) is 23.1 Å². The van der Waals surface area contributed by atoms with Crippen LogP contribution in [0.1, 0.15) is 35.1 Å². The van der Waals surface area contributed by atoms with Crippen LogP contribution in [0.3, 0.4) is 0 Å². The van der Waals surface area contributed by atoms with Gasteiger partial charge in [-0.15, -0.1) is 0 Å². The van der Waals surface area contributed by atoms with Gasteiger partial charge < -0.3 is 15.7 Å². The maximum Gasteiger partial charge on any atom is 0.416 e. The van der Waals surface area contributed by atoms with Gasteiger partial charge in [0.25, 0.3) is 0 Å². The Labute approximate surface area is 166 Å². The molecule has 7 heteroatoms. The molecule has 0 saturated carbocycles. The Bertz CT molecular complexity index is 983. The number of hydrogen-bond acceptors (Lipinski definition) is 3. The highest BCUT2D eigenvalue weighted by Crippen LogP contribution is 2.36. The van der Waals surface area contributed by atoms with E-state index in [2.05, 4.69) is 10.6 Å². The minimum Gasteiger partial charge on any atom is -0.393 e. The molecule has 3 N–H and O–H groups in total. The smallest absolute Gasteiger partial charge is 0.393 e. The number of anilines is 2. The lowest BCUT2D eigenvalue weighted by atomic mass is 9.88. The molecule has 152 valence electrons. The summed E-state index contributed by atoms with van der Waals surface area (Å²) in [5.41, 5.74) is 3.72. The lowest BCUT2D eigenvalue weighted by Crippen LogP contribution is -2.22. The molecule has 4 rings (SSSR count). The van der Waals surface area contributed by atoms with E-state index in [-0.39, 0.29) is 12.3 Å². The van der Waals surface area contributed by atoms with E-state index in [0.717, 1.165) is 29.7 Å². The number of amides is 1. The first kappa shape index (κ1) is 19.5. The van der Waals surface area contributed by atoms with Gasteiger partial charge in [-0.25, -0.2) is 0 Å². The summed E-state index contributed by atoms with van der Waals surface area (Å²) >= 11 is 0. The van der Waals surface area contributed by atoms with Crippen molar-refractivity contribution < 1.29 is 23.1 Å². The van der Waals surface area contributed by atoms with Gasteiger partial charge in [-0.05, 0) is 47.7 Å². The van der Waals surface area contributed by atoms with Gasteiger partial charge in [-0.1, -0.05) is 24.3 Å². The van der Waals surface area contributed by atoms with Gasteiger partial charge in [0, 0.05) is 29.9 Å². The summed E-state index contributed by atoms with van der Waals surface area (Å²) in [7, 11) is 0. The number of nitrogens with one attached hydrogen (secondary N) is 2. The average Bonchev–Trinajstić information content (AvgIpc) is 2.67. The number of benzene rings is 2. The second kappa shape index (κ2) is 7.55. The van der Waals surface area contributed by atoms with Gasteiger partial charge in [-0.2, -0.15) is 13.2 Å². The number of halogens is 3. The van der Waals surface area contributed by atoms with Crippen LogP contribution in [-0.4, -0.2) is 23.7 Å². The molecule has 0 radical (unpaired) electrons. The molecule has 1 aliphatic carbocycles. The molecule has 1 amide bonds. The fourth-order valence-electron chi connectivity index (χ4n) is 3.96. The van der Waals surface area contributed by atoms with Crippen molar-refractivity contribution in [1.29, 1.82) is 0 Å². The number of aliphatic hydroxyl groups is 1. The third kappa shape index (κ3) is 4.15. The predicted octanol–water partition coefficient (Wildman–Crippen LogP) is 4.39. The normalized spacial score (nSPS) is 18.2. The second-order valence-electron chi connectivity index (χ2n) is 7.43. The van der Waals surface area contributed by atoms with Gasteiger partial charge >= 0.3 is 6.18 Å². The first-order valence-electron chi connectivity index (χ1n) is 9.54. The van der Waals surface area contributed by atoms with Crippen LogP contribution in [0.5, 0.6) is 0 Å². The van der Waals surface area contributed by atoms with Crippen LogP contribution < -0.4 is 10.6 Å². The van der Waals surface area contributed by atoms with Crippen LogP contribution in [0.15, 0.2) is 42.5 Å². The summed E-state index contributed by atoms with van der Waals surface area (Å²) < 4.78 is 38.8. The molecular formula is C22H21F3N2O2. The highest BCUT2D eigenvalue weighted by molar-refractivity contribution is 6.00. The molecule has 1 unspecified atom stereocenters. The summed E-state index contributed by atoms with van der Waals surface area (Å²) in [5, 5.41) is 15.8. The maximum atomic E-state index is 12.9. The number of fused-ring (bicyclic) bond motifs is 2. The van der Waals surface area contributed by atoms with Gasteiger partial charge in [0.05, 0.1) is 18.1 Å². The summed E-state index contributed by atoms with van der Waals surface area (Å²) in [5.74, 6) is -0.238. The van der Waals surface area contributed by atoms with Crippen LogP contribution in [0.2, 0.25) is 0 Å². The zero-order valence-corrected chi connectivity index (χ0v) is 15.6. The molecule has 2 aliphatic rings. The van der Waals surface area contributed by atoms with Crippen LogP contribution >= 0.6 is 0 Å². The quantitative estimate of drug-likeness (QED) is 0.714. The SMILES string of the molecule is O=C(CC1=CCNc2cc(C(F)(F)F)ccc21)Nc1cccc2c1CC(O)CC2. The monoisotopic (exact) mass is 402 g/mol. The van der Waals surface area contributed by atoms with Gasteiger partial charge in [0.15, 0.2) is 0 Å². The lowest BCUT2D eigenvalue weighted by molar-refractivity contribution is -0.137. The number of aliphatic hydroxyl groups excluding tert-OH is 1. The zero-order valence-electron chi connectivity index (χ0n) is 15.6. The van der Waals surface area contributed by atoms with E-state index in [1.807, 2.05) is 24.3 Å². The fourth-order valence-corrected chi connectivity index (χ4v) is 3.96. The second-order valence-corrected chi connectivity index (χ2v) is 7.43. The van der Waals surface area contributed by atoms with E-state index in [1.165, 1.54) is 6.07 Å². The van der Waals surface area contributed by atoms with Crippen molar-refractivity contribution in [2.24, 2.45) is 0 Å². The van der Waals surface area contributed by atoms with Gasteiger partial charge in [0.2, 0.25) is 5.91 Å². The molecule has 0 fully saturated rings. The Hall–Kier alpha value is -2.80. The Balaban J connectivity index is 1.51. The van der Waals surface area contributed by atoms with E-state index < -0.39 is 17.8 Å². The Morgan fingerprint density at radius 2 is 2.07 bits per heavy atom. The number of aryl methyl sites for hydroxylation is 1. The summed E-state index contributed by atoms with van der Waals surface area (Å²) in [6, 6.07) is 9.21. The number of alkyl halides is 3. The Morgan fingerprint density at radius 3 is 2.86 bits per heavy atom. The first-order valence-corrected chi connectivity index (χ1v) is 9.54. The minimum atomic E-state index is -4.41. The van der Waals surface area contributed by atoms with E-state index >= 15 is 0 Å². The maximum absolute atomic E-state index is 12.9. The van der Waals surface area contributed by atoms with E-state index in [0.29, 0.717) is 41.9 Å². The van der Waals surface area contributed by atoms with Crippen LogP contribution in [-0.2, 0) is 23.8 Å². The highest BCUT2D eigenvalue weighted by atomic mass is 19.4. The summed E-state index contributed by atoms with van der Waals surface area (Å²) in [6.45, 7) is 0.365. The summed E-state index contributed by atoms with van der Waals surface area (Å²) in [6.07, 6.45) is -0.964. The Morgan fingerprint density at radius 1 is 1.24 bits per heavy atom. The molecule has 1 aliphatic heterocycles. The number of rotatable bonds is 3. The largest absolute Gasteiger partial charge is 0.416 e. The molecule has 1 heterocycles. The average molecular weight is 402 g/mol. The third-order valence-corrected chi connectivity index (χ3v) is 5.42. The molecule has 29 heavy (non-hydrogen) atoms. The predicted molar refractivity (Wildman–Crippen MR) is 106 cm³/mol. The highest BCUT2D eigenvalue weighted by Gasteiger charge is 2.31. The molecule has 2 aromatic carbocycles.